The van der Waals surface area contributed by atoms with Crippen molar-refractivity contribution < 1.29 is 14.3 Å². The molecule has 1 saturated heterocycles. The van der Waals surface area contributed by atoms with Gasteiger partial charge in [0.1, 0.15) is 0 Å². The van der Waals surface area contributed by atoms with E-state index in [1.807, 2.05) is 17.0 Å². The molecule has 2 aromatic rings. The quantitative estimate of drug-likeness (QED) is 0.345. The number of benzene rings is 2. The van der Waals surface area contributed by atoms with Gasteiger partial charge < -0.3 is 20.2 Å². The topological polar surface area (TPSA) is 68.2 Å². The van der Waals surface area contributed by atoms with Gasteiger partial charge in [0.05, 0.1) is 0 Å². The minimum atomic E-state index is -0.632. The Labute approximate surface area is 199 Å². The predicted octanol–water partition coefficient (Wildman–Crippen LogP) is 3.84. The van der Waals surface area contributed by atoms with E-state index < -0.39 is 5.82 Å². The number of guanidine groups is 1. The van der Waals surface area contributed by atoms with Crippen molar-refractivity contribution >= 4 is 41.5 Å². The Kier molecular flexibility index (Phi) is 7.74. The first-order valence-electron chi connectivity index (χ1n) is 10.4. The van der Waals surface area contributed by atoms with Crippen molar-refractivity contribution in [1.82, 2.24) is 10.2 Å². The zero-order valence-corrected chi connectivity index (χ0v) is 19.9. The normalized spacial score (nSPS) is 18.2. The molecule has 1 atom stereocenters. The number of aliphatic imine (C=N–C) groups is 1. The van der Waals surface area contributed by atoms with Crippen LogP contribution in [0, 0.1) is 5.82 Å². The van der Waals surface area contributed by atoms with Gasteiger partial charge in [-0.05, 0) is 42.2 Å². The maximum absolute atomic E-state index is 13.6. The van der Waals surface area contributed by atoms with Crippen LogP contribution in [0.5, 0.6) is 5.75 Å². The van der Waals surface area contributed by atoms with E-state index in [9.17, 15) is 14.3 Å². The number of anilines is 1. The Bertz CT molecular complexity index is 968. The van der Waals surface area contributed by atoms with Gasteiger partial charge >= 0.3 is 0 Å². The van der Waals surface area contributed by atoms with Crippen molar-refractivity contribution in [1.29, 1.82) is 0 Å². The molecule has 2 heterocycles. The monoisotopic (exact) mass is 538 g/mol. The number of amides is 1. The SMILES string of the molecule is CN=C(NCc1ccc(O)c(F)c1)N1CC(CCN2CCCC2=O)c2ccccc21.I. The average Bonchev–Trinajstić information content (AvgIpc) is 3.33. The van der Waals surface area contributed by atoms with Crippen LogP contribution >= 0.6 is 24.0 Å². The third-order valence-electron chi connectivity index (χ3n) is 5.92. The number of nitrogens with zero attached hydrogens (tertiary/aromatic N) is 3. The summed E-state index contributed by atoms with van der Waals surface area (Å²) in [5, 5.41) is 12.7. The highest BCUT2D eigenvalue weighted by Crippen LogP contribution is 2.38. The number of likely N-dealkylation sites (tertiary alicyclic amines) is 1. The molecular weight excluding hydrogens is 510 g/mol. The standard InChI is InChI=1S/C23H27FN4O2.HI/c1-25-23(26-14-16-8-9-21(29)19(24)13-16)28-15-17(18-5-2-3-6-20(18)28)10-12-27-11-4-7-22(27)30;/h2-3,5-6,8-9,13,17,29H,4,7,10-12,14-15H2,1H3,(H,25,26);1H. The Balaban J connectivity index is 0.00000272. The molecule has 2 aliphatic rings. The molecule has 1 unspecified atom stereocenters. The number of fused-ring (bicyclic) bond motifs is 1. The molecule has 0 radical (unpaired) electrons. The van der Waals surface area contributed by atoms with Crippen molar-refractivity contribution in [3.05, 3.63) is 59.4 Å². The lowest BCUT2D eigenvalue weighted by molar-refractivity contribution is -0.127. The number of carbonyl (C=O) groups excluding carboxylic acids is 1. The van der Waals surface area contributed by atoms with E-state index in [4.69, 9.17) is 0 Å². The molecule has 1 fully saturated rings. The fourth-order valence-corrected chi connectivity index (χ4v) is 4.33. The number of carbonyl (C=O) groups is 1. The van der Waals surface area contributed by atoms with Crippen molar-refractivity contribution in [3.63, 3.8) is 0 Å². The molecule has 0 bridgehead atoms. The van der Waals surface area contributed by atoms with Gasteiger partial charge in [0.2, 0.25) is 5.91 Å². The number of aromatic hydroxyl groups is 1. The maximum atomic E-state index is 13.6. The fourth-order valence-electron chi connectivity index (χ4n) is 4.33. The number of phenolic OH excluding ortho intramolecular Hbond substituents is 1. The highest BCUT2D eigenvalue weighted by molar-refractivity contribution is 14.0. The lowest BCUT2D eigenvalue weighted by atomic mass is 9.98. The van der Waals surface area contributed by atoms with Crippen LogP contribution in [-0.4, -0.2) is 48.6 Å². The first-order valence-corrected chi connectivity index (χ1v) is 10.4. The van der Waals surface area contributed by atoms with Gasteiger partial charge in [-0.2, -0.15) is 0 Å². The number of phenols is 1. The van der Waals surface area contributed by atoms with Gasteiger partial charge in [0.25, 0.3) is 0 Å². The Hall–Kier alpha value is -2.36. The molecule has 2 aliphatic heterocycles. The van der Waals surface area contributed by atoms with Crippen molar-refractivity contribution in [2.45, 2.75) is 31.7 Å². The molecule has 1 amide bonds. The number of hydrogen-bond donors (Lipinski definition) is 2. The summed E-state index contributed by atoms with van der Waals surface area (Å²) in [5.74, 6) is 0.315. The van der Waals surface area contributed by atoms with Gasteiger partial charge in [-0.25, -0.2) is 4.39 Å². The minimum Gasteiger partial charge on any atom is -0.505 e. The summed E-state index contributed by atoms with van der Waals surface area (Å²) in [6, 6.07) is 12.7. The molecule has 0 saturated carbocycles. The van der Waals surface area contributed by atoms with E-state index in [0.29, 0.717) is 18.9 Å². The van der Waals surface area contributed by atoms with E-state index in [2.05, 4.69) is 27.3 Å². The summed E-state index contributed by atoms with van der Waals surface area (Å²) in [4.78, 5) is 20.5. The average molecular weight is 538 g/mol. The van der Waals surface area contributed by atoms with Crippen LogP contribution in [0.15, 0.2) is 47.5 Å². The van der Waals surface area contributed by atoms with Crippen LogP contribution in [-0.2, 0) is 11.3 Å². The summed E-state index contributed by atoms with van der Waals surface area (Å²) in [6.45, 7) is 2.83. The third kappa shape index (κ3) is 5.11. The number of nitrogens with one attached hydrogen (secondary N) is 1. The number of para-hydroxylation sites is 1. The second-order valence-electron chi connectivity index (χ2n) is 7.83. The molecule has 31 heavy (non-hydrogen) atoms. The molecule has 4 rings (SSSR count). The Morgan fingerprint density at radius 2 is 2.10 bits per heavy atom. The minimum absolute atomic E-state index is 0. The lowest BCUT2D eigenvalue weighted by Gasteiger charge is -2.23. The molecule has 6 nitrogen and oxygen atoms in total. The summed E-state index contributed by atoms with van der Waals surface area (Å²) in [7, 11) is 1.73. The van der Waals surface area contributed by atoms with Crippen molar-refractivity contribution in [3.8, 4) is 5.75 Å². The maximum Gasteiger partial charge on any atom is 0.222 e. The largest absolute Gasteiger partial charge is 0.505 e. The van der Waals surface area contributed by atoms with Crippen LogP contribution in [0.4, 0.5) is 10.1 Å². The predicted molar refractivity (Wildman–Crippen MR) is 131 cm³/mol. The molecular formula is C23H28FIN4O2. The van der Waals surface area contributed by atoms with Crippen LogP contribution in [0.3, 0.4) is 0 Å². The summed E-state index contributed by atoms with van der Waals surface area (Å²) in [5.41, 5.74) is 3.10. The van der Waals surface area contributed by atoms with Gasteiger partial charge in [0, 0.05) is 51.3 Å². The van der Waals surface area contributed by atoms with Crippen LogP contribution < -0.4 is 10.2 Å². The smallest absolute Gasteiger partial charge is 0.222 e. The molecule has 8 heteroatoms. The van der Waals surface area contributed by atoms with Crippen molar-refractivity contribution in [2.75, 3.05) is 31.6 Å². The second-order valence-corrected chi connectivity index (χ2v) is 7.83. The van der Waals surface area contributed by atoms with Crippen LogP contribution in [0.25, 0.3) is 0 Å². The molecule has 0 aliphatic carbocycles. The van der Waals surface area contributed by atoms with Gasteiger partial charge in [-0.1, -0.05) is 24.3 Å². The van der Waals surface area contributed by atoms with Gasteiger partial charge in [0.15, 0.2) is 17.5 Å². The van der Waals surface area contributed by atoms with Gasteiger partial charge in [-0.3, -0.25) is 9.79 Å². The summed E-state index contributed by atoms with van der Waals surface area (Å²) in [6.07, 6.45) is 2.54. The number of rotatable bonds is 5. The van der Waals surface area contributed by atoms with E-state index in [1.54, 1.807) is 13.1 Å². The summed E-state index contributed by atoms with van der Waals surface area (Å²) < 4.78 is 13.6. The zero-order chi connectivity index (χ0) is 21.1. The fraction of sp³-hybridized carbons (Fsp3) is 0.391. The highest BCUT2D eigenvalue weighted by atomic mass is 127. The molecule has 2 aromatic carbocycles. The van der Waals surface area contributed by atoms with E-state index in [-0.39, 0.29) is 35.6 Å². The first kappa shape index (κ1) is 23.3. The Morgan fingerprint density at radius 1 is 1.29 bits per heavy atom. The first-order chi connectivity index (χ1) is 14.6. The molecule has 166 valence electrons. The molecule has 0 spiro atoms. The van der Waals surface area contributed by atoms with Crippen molar-refractivity contribution in [2.24, 2.45) is 4.99 Å². The highest BCUT2D eigenvalue weighted by Gasteiger charge is 2.32. The van der Waals surface area contributed by atoms with E-state index >= 15 is 0 Å². The van der Waals surface area contributed by atoms with Gasteiger partial charge in [-0.15, -0.1) is 24.0 Å². The third-order valence-corrected chi connectivity index (χ3v) is 5.92. The number of halogens is 2. The zero-order valence-electron chi connectivity index (χ0n) is 17.6. The molecule has 2 N–H and O–H groups in total. The van der Waals surface area contributed by atoms with E-state index in [0.717, 1.165) is 49.7 Å². The second kappa shape index (κ2) is 10.3. The van der Waals surface area contributed by atoms with Crippen LogP contribution in [0.2, 0.25) is 0 Å². The van der Waals surface area contributed by atoms with E-state index in [1.165, 1.54) is 17.7 Å². The lowest BCUT2D eigenvalue weighted by Crippen LogP contribution is -2.40. The van der Waals surface area contributed by atoms with Crippen LogP contribution in [0.1, 0.15) is 36.3 Å². The number of hydrogen-bond acceptors (Lipinski definition) is 3. The summed E-state index contributed by atoms with van der Waals surface area (Å²) >= 11 is 0. The Morgan fingerprint density at radius 3 is 2.81 bits per heavy atom. The molecule has 0 aromatic heterocycles.